The molecular weight excluding hydrogens is 206 g/mol. The number of carbonyl (C=O) groups is 2. The fourth-order valence-electron chi connectivity index (χ4n) is 2.71. The minimum absolute atomic E-state index is 0.154. The van der Waals surface area contributed by atoms with Crippen LogP contribution in [-0.4, -0.2) is 28.9 Å². The van der Waals surface area contributed by atoms with Gasteiger partial charge in [0.1, 0.15) is 12.1 Å². The maximum atomic E-state index is 12.2. The molecule has 1 saturated carbocycles. The largest absolute Gasteiger partial charge is 0.325 e. The molecule has 0 bridgehead atoms. The minimum atomic E-state index is -0.730. The second kappa shape index (κ2) is 3.78. The van der Waals surface area contributed by atoms with E-state index in [0.29, 0.717) is 6.42 Å². The Morgan fingerprint density at radius 1 is 1.56 bits per heavy atom. The van der Waals surface area contributed by atoms with Crippen LogP contribution in [0.1, 0.15) is 32.6 Å². The van der Waals surface area contributed by atoms with Crippen molar-refractivity contribution in [2.24, 2.45) is 5.92 Å². The third-order valence-electron chi connectivity index (χ3n) is 3.73. The van der Waals surface area contributed by atoms with Crippen LogP contribution in [0.25, 0.3) is 0 Å². The minimum Gasteiger partial charge on any atom is -0.323 e. The Balaban J connectivity index is 2.27. The Kier molecular flexibility index (Phi) is 2.58. The zero-order valence-electron chi connectivity index (χ0n) is 9.32. The van der Waals surface area contributed by atoms with Crippen LogP contribution in [0.5, 0.6) is 0 Å². The monoisotopic (exact) mass is 221 g/mol. The van der Waals surface area contributed by atoms with Crippen LogP contribution in [0.15, 0.2) is 0 Å². The molecule has 1 N–H and O–H groups in total. The third kappa shape index (κ3) is 1.37. The lowest BCUT2D eigenvalue weighted by Gasteiger charge is -2.36. The van der Waals surface area contributed by atoms with E-state index in [-0.39, 0.29) is 18.4 Å². The molecule has 1 aliphatic carbocycles. The maximum Gasteiger partial charge on any atom is 0.325 e. The highest BCUT2D eigenvalue weighted by Gasteiger charge is 2.54. The second-order valence-corrected chi connectivity index (χ2v) is 4.60. The summed E-state index contributed by atoms with van der Waals surface area (Å²) in [5.74, 6) is -0.0624. The highest BCUT2D eigenvalue weighted by atomic mass is 16.2. The van der Waals surface area contributed by atoms with Crippen LogP contribution in [0, 0.1) is 17.2 Å². The lowest BCUT2D eigenvalue weighted by molar-refractivity contribution is -0.133. The first-order valence-electron chi connectivity index (χ1n) is 5.63. The molecule has 16 heavy (non-hydrogen) atoms. The summed E-state index contributed by atoms with van der Waals surface area (Å²) in [5, 5.41) is 11.4. The fourth-order valence-corrected chi connectivity index (χ4v) is 2.71. The van der Waals surface area contributed by atoms with Gasteiger partial charge in [0.25, 0.3) is 5.91 Å². The quantitative estimate of drug-likeness (QED) is 0.530. The molecule has 1 saturated heterocycles. The van der Waals surface area contributed by atoms with Crippen molar-refractivity contribution in [1.82, 2.24) is 10.2 Å². The number of carbonyl (C=O) groups excluding carboxylic acids is 2. The first-order valence-corrected chi connectivity index (χ1v) is 5.63. The van der Waals surface area contributed by atoms with Crippen LogP contribution in [0.3, 0.4) is 0 Å². The number of nitriles is 1. The molecule has 3 amide bonds. The van der Waals surface area contributed by atoms with Gasteiger partial charge in [-0.1, -0.05) is 19.8 Å². The number of amides is 3. The van der Waals surface area contributed by atoms with Gasteiger partial charge in [0.05, 0.1) is 6.07 Å². The van der Waals surface area contributed by atoms with E-state index in [2.05, 4.69) is 5.32 Å². The molecule has 0 aromatic rings. The van der Waals surface area contributed by atoms with Gasteiger partial charge in [0, 0.05) is 0 Å². The van der Waals surface area contributed by atoms with Crippen molar-refractivity contribution in [2.45, 2.75) is 38.1 Å². The van der Waals surface area contributed by atoms with Crippen molar-refractivity contribution in [3.63, 3.8) is 0 Å². The van der Waals surface area contributed by atoms with Crippen LogP contribution in [0.2, 0.25) is 0 Å². The lowest BCUT2D eigenvalue weighted by atomic mass is 9.73. The van der Waals surface area contributed by atoms with Gasteiger partial charge in [-0.3, -0.25) is 4.79 Å². The fraction of sp³-hybridized carbons (Fsp3) is 0.727. The van der Waals surface area contributed by atoms with E-state index in [4.69, 9.17) is 5.26 Å². The summed E-state index contributed by atoms with van der Waals surface area (Å²) in [6, 6.07) is 1.44. The van der Waals surface area contributed by atoms with E-state index in [1.54, 1.807) is 0 Å². The van der Waals surface area contributed by atoms with Crippen LogP contribution in [-0.2, 0) is 4.79 Å². The number of hydrogen-bond acceptors (Lipinski definition) is 3. The van der Waals surface area contributed by atoms with Gasteiger partial charge in [-0.05, 0) is 18.8 Å². The van der Waals surface area contributed by atoms with E-state index in [1.807, 2.05) is 13.0 Å². The summed E-state index contributed by atoms with van der Waals surface area (Å²) in [6.45, 7) is 1.84. The number of rotatable bonds is 1. The molecule has 2 aliphatic rings. The van der Waals surface area contributed by atoms with Gasteiger partial charge < -0.3 is 5.32 Å². The molecule has 0 aromatic carbocycles. The van der Waals surface area contributed by atoms with Crippen LogP contribution in [0.4, 0.5) is 4.79 Å². The maximum absolute atomic E-state index is 12.2. The zero-order chi connectivity index (χ0) is 11.8. The molecule has 1 spiro atoms. The van der Waals surface area contributed by atoms with Gasteiger partial charge >= 0.3 is 6.03 Å². The number of hydrogen-bond donors (Lipinski definition) is 1. The van der Waals surface area contributed by atoms with Crippen molar-refractivity contribution >= 4 is 11.9 Å². The topological polar surface area (TPSA) is 73.2 Å². The Morgan fingerprint density at radius 3 is 2.94 bits per heavy atom. The number of urea groups is 1. The molecule has 0 unspecified atom stereocenters. The van der Waals surface area contributed by atoms with Crippen molar-refractivity contribution < 1.29 is 9.59 Å². The highest BCUT2D eigenvalue weighted by Crippen LogP contribution is 2.37. The molecule has 2 rings (SSSR count). The molecule has 1 aliphatic heterocycles. The third-order valence-corrected chi connectivity index (χ3v) is 3.73. The predicted octanol–water partition coefficient (Wildman–Crippen LogP) is 1.01. The molecular formula is C11H15N3O2. The number of imide groups is 1. The van der Waals surface area contributed by atoms with Gasteiger partial charge in [-0.15, -0.1) is 0 Å². The van der Waals surface area contributed by atoms with Crippen LogP contribution >= 0.6 is 0 Å². The summed E-state index contributed by atoms with van der Waals surface area (Å²) < 4.78 is 0. The average molecular weight is 221 g/mol. The first-order chi connectivity index (χ1) is 7.62. The summed E-state index contributed by atoms with van der Waals surface area (Å²) in [6.07, 6.45) is 3.70. The average Bonchev–Trinajstić information content (AvgIpc) is 2.49. The molecule has 5 nitrogen and oxygen atoms in total. The predicted molar refractivity (Wildman–Crippen MR) is 56.2 cm³/mol. The summed E-state index contributed by atoms with van der Waals surface area (Å²) in [5.41, 5.74) is -0.730. The number of nitrogens with one attached hydrogen (secondary N) is 1. The van der Waals surface area contributed by atoms with E-state index < -0.39 is 11.6 Å². The summed E-state index contributed by atoms with van der Waals surface area (Å²) >= 11 is 0. The lowest BCUT2D eigenvalue weighted by Crippen LogP contribution is -2.53. The standard InChI is InChI=1S/C11H15N3O2/c1-8-4-2-3-5-11(8)9(15)14(7-6-12)10(16)13-11/h8H,2-5,7H2,1H3,(H,13,16)/t8-,11+/m0/s1. The van der Waals surface area contributed by atoms with Crippen molar-refractivity contribution in [2.75, 3.05) is 6.54 Å². The summed E-state index contributed by atoms with van der Waals surface area (Å²) in [7, 11) is 0. The first kappa shape index (κ1) is 10.9. The molecule has 5 heteroatoms. The zero-order valence-corrected chi connectivity index (χ0v) is 9.32. The normalized spacial score (nSPS) is 34.0. The second-order valence-electron chi connectivity index (χ2n) is 4.60. The SMILES string of the molecule is C[C@H]1CCCC[C@@]12NC(=O)N(CC#N)C2=O. The van der Waals surface area contributed by atoms with Gasteiger partial charge in [-0.2, -0.15) is 5.26 Å². The van der Waals surface area contributed by atoms with Gasteiger partial charge in [0.2, 0.25) is 0 Å². The molecule has 2 fully saturated rings. The summed E-state index contributed by atoms with van der Waals surface area (Å²) in [4.78, 5) is 24.9. The van der Waals surface area contributed by atoms with E-state index in [0.717, 1.165) is 24.2 Å². The van der Waals surface area contributed by atoms with Crippen LogP contribution < -0.4 is 5.32 Å². The van der Waals surface area contributed by atoms with E-state index in [1.165, 1.54) is 0 Å². The highest BCUT2D eigenvalue weighted by molar-refractivity contribution is 6.07. The van der Waals surface area contributed by atoms with E-state index in [9.17, 15) is 9.59 Å². The molecule has 0 aromatic heterocycles. The van der Waals surface area contributed by atoms with Crippen molar-refractivity contribution in [1.29, 1.82) is 5.26 Å². The van der Waals surface area contributed by atoms with E-state index >= 15 is 0 Å². The Morgan fingerprint density at radius 2 is 2.31 bits per heavy atom. The number of nitrogens with zero attached hydrogens (tertiary/aromatic N) is 2. The molecule has 1 heterocycles. The Hall–Kier alpha value is -1.57. The Labute approximate surface area is 94.4 Å². The van der Waals surface area contributed by atoms with Gasteiger partial charge in [0.15, 0.2) is 0 Å². The van der Waals surface area contributed by atoms with Gasteiger partial charge in [-0.25, -0.2) is 9.69 Å². The van der Waals surface area contributed by atoms with Crippen molar-refractivity contribution in [3.05, 3.63) is 0 Å². The molecule has 86 valence electrons. The smallest absolute Gasteiger partial charge is 0.323 e. The molecule has 2 atom stereocenters. The van der Waals surface area contributed by atoms with Crippen molar-refractivity contribution in [3.8, 4) is 6.07 Å². The Bertz CT molecular complexity index is 374. The molecule has 0 radical (unpaired) electrons.